The first-order chi connectivity index (χ1) is 9.85. The molecule has 2 bridgehead atoms. The van der Waals surface area contributed by atoms with E-state index in [2.05, 4.69) is 22.5 Å². The minimum Gasteiger partial charge on any atom is -0.342 e. The van der Waals surface area contributed by atoms with E-state index >= 15 is 0 Å². The third kappa shape index (κ3) is 2.37. The molecular weight excluding hydrogens is 266 g/mol. The van der Waals surface area contributed by atoms with Crippen molar-refractivity contribution in [2.24, 2.45) is 0 Å². The van der Waals surface area contributed by atoms with Gasteiger partial charge in [0.2, 0.25) is 0 Å². The number of rotatable bonds is 4. The zero-order valence-electron chi connectivity index (χ0n) is 12.3. The van der Waals surface area contributed by atoms with E-state index in [4.69, 9.17) is 4.98 Å². The summed E-state index contributed by atoms with van der Waals surface area (Å²) in [4.78, 5) is 7.66. The van der Waals surface area contributed by atoms with Crippen LogP contribution in [0.25, 0.3) is 0 Å². The molecule has 0 amide bonds. The highest BCUT2D eigenvalue weighted by Gasteiger charge is 2.39. The van der Waals surface area contributed by atoms with E-state index in [9.17, 15) is 0 Å². The monoisotopic (exact) mass is 291 g/mol. The first-order valence-corrected chi connectivity index (χ1v) is 9.20. The molecule has 3 aliphatic rings. The van der Waals surface area contributed by atoms with Gasteiger partial charge in [-0.15, -0.1) is 11.3 Å². The number of piperidine rings is 2. The lowest BCUT2D eigenvalue weighted by atomic mass is 9.82. The van der Waals surface area contributed by atoms with Gasteiger partial charge >= 0.3 is 0 Å². The van der Waals surface area contributed by atoms with Crippen LogP contribution in [-0.4, -0.2) is 29.7 Å². The summed E-state index contributed by atoms with van der Waals surface area (Å²) in [7, 11) is 0. The zero-order valence-corrected chi connectivity index (χ0v) is 13.2. The van der Waals surface area contributed by atoms with Gasteiger partial charge in [-0.05, 0) is 51.5 Å². The summed E-state index contributed by atoms with van der Waals surface area (Å²) in [5.74, 6) is 0.791. The van der Waals surface area contributed by atoms with Gasteiger partial charge in [-0.1, -0.05) is 6.92 Å². The van der Waals surface area contributed by atoms with Crippen LogP contribution in [0.5, 0.6) is 0 Å². The molecule has 4 heteroatoms. The quantitative estimate of drug-likeness (QED) is 0.920. The van der Waals surface area contributed by atoms with Crippen LogP contribution in [0.15, 0.2) is 5.38 Å². The Balaban J connectivity index is 1.54. The number of nitrogens with one attached hydrogen (secondary N) is 1. The molecule has 0 spiro atoms. The molecule has 2 unspecified atom stereocenters. The summed E-state index contributed by atoms with van der Waals surface area (Å²) in [5.41, 5.74) is 1.37. The molecule has 1 N–H and O–H groups in total. The molecule has 0 radical (unpaired) electrons. The largest absolute Gasteiger partial charge is 0.342 e. The summed E-state index contributed by atoms with van der Waals surface area (Å²) < 4.78 is 0. The Morgan fingerprint density at radius 2 is 2.00 bits per heavy atom. The van der Waals surface area contributed by atoms with Crippen molar-refractivity contribution in [3.8, 4) is 0 Å². The molecule has 1 aliphatic carbocycles. The highest BCUT2D eigenvalue weighted by molar-refractivity contribution is 7.13. The third-order valence-corrected chi connectivity index (χ3v) is 6.07. The second-order valence-corrected chi connectivity index (χ2v) is 7.54. The van der Waals surface area contributed by atoms with Crippen molar-refractivity contribution in [3.05, 3.63) is 11.1 Å². The molecule has 0 aromatic carbocycles. The van der Waals surface area contributed by atoms with E-state index in [0.29, 0.717) is 0 Å². The Bertz CT molecular complexity index is 454. The van der Waals surface area contributed by atoms with Gasteiger partial charge in [0.1, 0.15) is 0 Å². The van der Waals surface area contributed by atoms with Gasteiger partial charge in [0.15, 0.2) is 5.13 Å². The molecule has 3 heterocycles. The number of anilines is 1. The molecule has 1 saturated carbocycles. The average Bonchev–Trinajstić information content (AvgIpc) is 3.17. The molecule has 3 fully saturated rings. The van der Waals surface area contributed by atoms with Gasteiger partial charge in [0, 0.05) is 29.4 Å². The lowest BCUT2D eigenvalue weighted by molar-refractivity contribution is 0.247. The summed E-state index contributed by atoms with van der Waals surface area (Å²) in [6, 6.07) is 2.18. The minimum absolute atomic E-state index is 0.727. The van der Waals surface area contributed by atoms with Crippen molar-refractivity contribution in [3.63, 3.8) is 0 Å². The average molecular weight is 291 g/mol. The molecule has 2 atom stereocenters. The number of thiazole rings is 1. The highest BCUT2D eigenvalue weighted by atomic mass is 32.1. The van der Waals surface area contributed by atoms with Crippen molar-refractivity contribution in [1.29, 1.82) is 0 Å². The lowest BCUT2D eigenvalue weighted by Gasteiger charge is -2.49. The standard InChI is InChI=1S/C16H25N3S/c1-2-17-12-8-13-4-3-5-14(9-12)19(13)16-18-15(10-20-16)11-6-7-11/h10-14,17H,2-9H2,1H3. The predicted molar refractivity (Wildman–Crippen MR) is 84.7 cm³/mol. The number of nitrogens with zero attached hydrogens (tertiary/aromatic N) is 2. The second-order valence-electron chi connectivity index (χ2n) is 6.70. The van der Waals surface area contributed by atoms with Gasteiger partial charge in [0.25, 0.3) is 0 Å². The molecule has 2 aliphatic heterocycles. The second kappa shape index (κ2) is 5.30. The molecule has 110 valence electrons. The Morgan fingerprint density at radius 3 is 2.65 bits per heavy atom. The number of hydrogen-bond donors (Lipinski definition) is 1. The van der Waals surface area contributed by atoms with Crippen LogP contribution in [0.4, 0.5) is 5.13 Å². The fourth-order valence-corrected chi connectivity index (χ4v) is 5.16. The van der Waals surface area contributed by atoms with E-state index in [-0.39, 0.29) is 0 Å². The van der Waals surface area contributed by atoms with Crippen molar-refractivity contribution >= 4 is 16.5 Å². The molecule has 4 rings (SSSR count). The smallest absolute Gasteiger partial charge is 0.186 e. The van der Waals surface area contributed by atoms with E-state index in [1.54, 1.807) is 0 Å². The summed E-state index contributed by atoms with van der Waals surface area (Å²) >= 11 is 1.89. The van der Waals surface area contributed by atoms with Gasteiger partial charge < -0.3 is 10.2 Å². The lowest BCUT2D eigenvalue weighted by Crippen LogP contribution is -2.56. The fraction of sp³-hybridized carbons (Fsp3) is 0.812. The number of fused-ring (bicyclic) bond motifs is 2. The fourth-order valence-electron chi connectivity index (χ4n) is 4.11. The molecule has 3 nitrogen and oxygen atoms in total. The van der Waals surface area contributed by atoms with Crippen LogP contribution in [0.1, 0.15) is 63.5 Å². The third-order valence-electron chi connectivity index (χ3n) is 5.19. The van der Waals surface area contributed by atoms with Crippen LogP contribution >= 0.6 is 11.3 Å². The number of hydrogen-bond acceptors (Lipinski definition) is 4. The van der Waals surface area contributed by atoms with Crippen LogP contribution in [0.2, 0.25) is 0 Å². The molecule has 1 aromatic heterocycles. The molecule has 1 aromatic rings. The highest BCUT2D eigenvalue weighted by Crippen LogP contribution is 2.44. The van der Waals surface area contributed by atoms with Crippen LogP contribution in [0.3, 0.4) is 0 Å². The Hall–Kier alpha value is -0.610. The van der Waals surface area contributed by atoms with Gasteiger partial charge in [-0.2, -0.15) is 0 Å². The first-order valence-electron chi connectivity index (χ1n) is 8.32. The van der Waals surface area contributed by atoms with E-state index in [0.717, 1.165) is 30.6 Å². The van der Waals surface area contributed by atoms with Gasteiger partial charge in [-0.3, -0.25) is 0 Å². The van der Waals surface area contributed by atoms with Crippen LogP contribution in [-0.2, 0) is 0 Å². The maximum atomic E-state index is 4.97. The minimum atomic E-state index is 0.727. The maximum absolute atomic E-state index is 4.97. The van der Waals surface area contributed by atoms with Crippen molar-refractivity contribution < 1.29 is 0 Å². The van der Waals surface area contributed by atoms with Crippen LogP contribution in [0, 0.1) is 0 Å². The topological polar surface area (TPSA) is 28.2 Å². The van der Waals surface area contributed by atoms with E-state index in [1.807, 2.05) is 11.3 Å². The van der Waals surface area contributed by atoms with Gasteiger partial charge in [0.05, 0.1) is 5.69 Å². The Kier molecular flexibility index (Phi) is 3.47. The van der Waals surface area contributed by atoms with Crippen LogP contribution < -0.4 is 10.2 Å². The van der Waals surface area contributed by atoms with E-state index < -0.39 is 0 Å². The summed E-state index contributed by atoms with van der Waals surface area (Å²) in [6.45, 7) is 3.33. The number of aromatic nitrogens is 1. The summed E-state index contributed by atoms with van der Waals surface area (Å²) in [5, 5.41) is 7.31. The van der Waals surface area contributed by atoms with Crippen molar-refractivity contribution in [1.82, 2.24) is 10.3 Å². The normalized spacial score (nSPS) is 33.5. The van der Waals surface area contributed by atoms with Crippen molar-refractivity contribution in [2.45, 2.75) is 75.9 Å². The maximum Gasteiger partial charge on any atom is 0.186 e. The SMILES string of the molecule is CCNC1CC2CCCC(C1)N2c1nc(C2CC2)cs1. The summed E-state index contributed by atoms with van der Waals surface area (Å²) in [6.07, 6.45) is 9.46. The first kappa shape index (κ1) is 13.1. The molecular formula is C16H25N3S. The van der Waals surface area contributed by atoms with Crippen molar-refractivity contribution in [2.75, 3.05) is 11.4 Å². The Labute approximate surface area is 125 Å². The zero-order chi connectivity index (χ0) is 13.5. The Morgan fingerprint density at radius 1 is 1.25 bits per heavy atom. The molecule has 20 heavy (non-hydrogen) atoms. The van der Waals surface area contributed by atoms with E-state index in [1.165, 1.54) is 55.8 Å². The van der Waals surface area contributed by atoms with Gasteiger partial charge in [-0.25, -0.2) is 4.98 Å². The molecule has 2 saturated heterocycles. The predicted octanol–water partition coefficient (Wildman–Crippen LogP) is 3.52.